The summed E-state index contributed by atoms with van der Waals surface area (Å²) in [7, 11) is 3.31. The maximum absolute atomic E-state index is 5.09. The van der Waals surface area contributed by atoms with E-state index < -0.39 is 0 Å². The fourth-order valence-corrected chi connectivity index (χ4v) is 2.66. The summed E-state index contributed by atoms with van der Waals surface area (Å²) in [5.74, 6) is 1.01. The molecule has 0 saturated heterocycles. The van der Waals surface area contributed by atoms with E-state index in [9.17, 15) is 0 Å². The molecular formula is C13H19N5OS. The highest BCUT2D eigenvalue weighted by Gasteiger charge is 2.14. The van der Waals surface area contributed by atoms with Crippen molar-refractivity contribution in [2.45, 2.75) is 25.8 Å². The molecule has 0 aliphatic rings. The first-order chi connectivity index (χ1) is 9.76. The van der Waals surface area contributed by atoms with Gasteiger partial charge in [0.2, 0.25) is 11.9 Å². The van der Waals surface area contributed by atoms with Crippen molar-refractivity contribution in [2.75, 3.05) is 24.8 Å². The average molecular weight is 293 g/mol. The topological polar surface area (TPSA) is 72.0 Å². The highest BCUT2D eigenvalue weighted by Crippen LogP contribution is 2.26. The monoisotopic (exact) mass is 293 g/mol. The van der Waals surface area contributed by atoms with Crippen molar-refractivity contribution in [3.8, 4) is 6.01 Å². The average Bonchev–Trinajstić information content (AvgIpc) is 3.00. The van der Waals surface area contributed by atoms with Crippen LogP contribution in [0, 0.1) is 0 Å². The number of methoxy groups -OCH3 is 1. The zero-order valence-electron chi connectivity index (χ0n) is 11.9. The minimum Gasteiger partial charge on any atom is -0.467 e. The molecule has 2 N–H and O–H groups in total. The highest BCUT2D eigenvalue weighted by molar-refractivity contribution is 7.10. The summed E-state index contributed by atoms with van der Waals surface area (Å²) in [4.78, 5) is 13.9. The van der Waals surface area contributed by atoms with Crippen molar-refractivity contribution >= 4 is 23.2 Å². The van der Waals surface area contributed by atoms with Crippen molar-refractivity contribution in [2.24, 2.45) is 0 Å². The number of hydrogen-bond donors (Lipinski definition) is 2. The summed E-state index contributed by atoms with van der Waals surface area (Å²) in [6.45, 7) is 2.16. The maximum Gasteiger partial charge on any atom is 0.322 e. The van der Waals surface area contributed by atoms with E-state index in [0.717, 1.165) is 12.8 Å². The largest absolute Gasteiger partial charge is 0.467 e. The Labute approximate surface area is 122 Å². The second-order valence-electron chi connectivity index (χ2n) is 4.22. The molecule has 0 fully saturated rings. The molecule has 0 aromatic carbocycles. The molecule has 7 heteroatoms. The summed E-state index contributed by atoms with van der Waals surface area (Å²) in [5, 5.41) is 8.34. The van der Waals surface area contributed by atoms with E-state index in [0.29, 0.717) is 17.9 Å². The van der Waals surface area contributed by atoms with Crippen LogP contribution in [0.25, 0.3) is 0 Å². The lowest BCUT2D eigenvalue weighted by Gasteiger charge is -2.17. The number of rotatable bonds is 7. The van der Waals surface area contributed by atoms with Crippen LogP contribution in [0.4, 0.5) is 11.9 Å². The molecule has 2 aromatic heterocycles. The third-order valence-electron chi connectivity index (χ3n) is 2.79. The number of nitrogens with one attached hydrogen (secondary N) is 2. The van der Waals surface area contributed by atoms with Gasteiger partial charge in [0.15, 0.2) is 0 Å². The predicted molar refractivity (Wildman–Crippen MR) is 81.5 cm³/mol. The minimum atomic E-state index is 0.205. The van der Waals surface area contributed by atoms with Crippen molar-refractivity contribution in [3.63, 3.8) is 0 Å². The zero-order valence-corrected chi connectivity index (χ0v) is 12.7. The molecule has 2 rings (SSSR count). The van der Waals surface area contributed by atoms with Gasteiger partial charge in [-0.15, -0.1) is 11.3 Å². The second kappa shape index (κ2) is 7.04. The van der Waals surface area contributed by atoms with Gasteiger partial charge in [0.05, 0.1) is 13.2 Å². The summed E-state index contributed by atoms with van der Waals surface area (Å²) < 4.78 is 5.09. The first kappa shape index (κ1) is 14.5. The lowest BCUT2D eigenvalue weighted by molar-refractivity contribution is 0.379. The Morgan fingerprint density at radius 3 is 2.70 bits per heavy atom. The molecule has 0 amide bonds. The molecule has 0 radical (unpaired) electrons. The van der Waals surface area contributed by atoms with Crippen LogP contribution < -0.4 is 15.4 Å². The maximum atomic E-state index is 5.09. The lowest BCUT2D eigenvalue weighted by atomic mass is 10.1. The molecule has 1 atom stereocenters. The lowest BCUT2D eigenvalue weighted by Crippen LogP contribution is -2.13. The van der Waals surface area contributed by atoms with Crippen LogP contribution in [0.15, 0.2) is 17.5 Å². The number of hydrogen-bond acceptors (Lipinski definition) is 7. The fraction of sp³-hybridized carbons (Fsp3) is 0.462. The van der Waals surface area contributed by atoms with E-state index in [1.807, 2.05) is 0 Å². The molecule has 2 aromatic rings. The van der Waals surface area contributed by atoms with E-state index in [-0.39, 0.29) is 6.04 Å². The molecule has 108 valence electrons. The first-order valence-electron chi connectivity index (χ1n) is 6.54. The van der Waals surface area contributed by atoms with Crippen LogP contribution in [0.3, 0.4) is 0 Å². The molecule has 1 unspecified atom stereocenters. The predicted octanol–water partition coefficient (Wildman–Crippen LogP) is 2.94. The van der Waals surface area contributed by atoms with Crippen LogP contribution in [0.5, 0.6) is 6.01 Å². The van der Waals surface area contributed by atoms with Crippen LogP contribution in [0.2, 0.25) is 0 Å². The first-order valence-corrected chi connectivity index (χ1v) is 7.42. The van der Waals surface area contributed by atoms with E-state index in [4.69, 9.17) is 4.74 Å². The van der Waals surface area contributed by atoms with E-state index >= 15 is 0 Å². The van der Waals surface area contributed by atoms with Gasteiger partial charge in [0.25, 0.3) is 0 Å². The number of aromatic nitrogens is 3. The van der Waals surface area contributed by atoms with E-state index in [1.165, 1.54) is 4.88 Å². The Balaban J connectivity index is 2.21. The summed E-state index contributed by atoms with van der Waals surface area (Å²) >= 11 is 1.73. The summed E-state index contributed by atoms with van der Waals surface area (Å²) in [6.07, 6.45) is 2.10. The Bertz CT molecular complexity index is 509. The number of nitrogens with zero attached hydrogens (tertiary/aromatic N) is 3. The van der Waals surface area contributed by atoms with Gasteiger partial charge in [0, 0.05) is 11.9 Å². The molecule has 0 aliphatic heterocycles. The Morgan fingerprint density at radius 2 is 2.10 bits per heavy atom. The number of anilines is 2. The summed E-state index contributed by atoms with van der Waals surface area (Å²) in [5.41, 5.74) is 0. The van der Waals surface area contributed by atoms with Crippen LogP contribution in [-0.2, 0) is 0 Å². The Kier molecular flexibility index (Phi) is 5.11. The molecule has 2 heterocycles. The van der Waals surface area contributed by atoms with Crippen LogP contribution >= 0.6 is 11.3 Å². The Hall–Kier alpha value is -1.89. The van der Waals surface area contributed by atoms with E-state index in [1.54, 1.807) is 25.5 Å². The zero-order chi connectivity index (χ0) is 14.4. The molecule has 20 heavy (non-hydrogen) atoms. The SMILES string of the molecule is CCCC(Nc1nc(NC)nc(OC)n1)c1cccs1. The third-order valence-corrected chi connectivity index (χ3v) is 3.77. The van der Waals surface area contributed by atoms with Crippen LogP contribution in [0.1, 0.15) is 30.7 Å². The number of ether oxygens (including phenoxy) is 1. The van der Waals surface area contributed by atoms with Gasteiger partial charge in [-0.2, -0.15) is 15.0 Å². The molecule has 0 bridgehead atoms. The third kappa shape index (κ3) is 3.57. The summed E-state index contributed by atoms with van der Waals surface area (Å²) in [6, 6.07) is 4.68. The van der Waals surface area contributed by atoms with Gasteiger partial charge in [0.1, 0.15) is 0 Å². The van der Waals surface area contributed by atoms with Gasteiger partial charge < -0.3 is 15.4 Å². The molecule has 0 aliphatic carbocycles. The van der Waals surface area contributed by atoms with Crippen molar-refractivity contribution in [3.05, 3.63) is 22.4 Å². The smallest absolute Gasteiger partial charge is 0.322 e. The van der Waals surface area contributed by atoms with Gasteiger partial charge in [-0.3, -0.25) is 0 Å². The van der Waals surface area contributed by atoms with Gasteiger partial charge in [-0.05, 0) is 17.9 Å². The van der Waals surface area contributed by atoms with Crippen molar-refractivity contribution < 1.29 is 4.74 Å². The quantitative estimate of drug-likeness (QED) is 0.818. The van der Waals surface area contributed by atoms with Crippen molar-refractivity contribution in [1.29, 1.82) is 0 Å². The van der Waals surface area contributed by atoms with E-state index in [2.05, 4.69) is 50.0 Å². The minimum absolute atomic E-state index is 0.205. The number of thiophene rings is 1. The van der Waals surface area contributed by atoms with Crippen molar-refractivity contribution in [1.82, 2.24) is 15.0 Å². The normalized spacial score (nSPS) is 11.9. The molecule has 0 saturated carbocycles. The molecule has 0 spiro atoms. The Morgan fingerprint density at radius 1 is 1.30 bits per heavy atom. The fourth-order valence-electron chi connectivity index (χ4n) is 1.84. The second-order valence-corrected chi connectivity index (χ2v) is 5.20. The van der Waals surface area contributed by atoms with Gasteiger partial charge in [-0.1, -0.05) is 19.4 Å². The van der Waals surface area contributed by atoms with Gasteiger partial charge >= 0.3 is 6.01 Å². The molecule has 6 nitrogen and oxygen atoms in total. The highest BCUT2D eigenvalue weighted by atomic mass is 32.1. The standard InChI is InChI=1S/C13H19N5OS/c1-4-6-9(10-7-5-8-20-10)15-12-16-11(14-2)17-13(18-12)19-3/h5,7-9H,4,6H2,1-3H3,(H2,14,15,16,17,18). The van der Waals surface area contributed by atoms with Gasteiger partial charge in [-0.25, -0.2) is 0 Å². The van der Waals surface area contributed by atoms with Crippen LogP contribution in [-0.4, -0.2) is 29.1 Å². The molecular weight excluding hydrogens is 274 g/mol.